The predicted molar refractivity (Wildman–Crippen MR) is 88.1 cm³/mol. The monoisotopic (exact) mass is 322 g/mol. The number of aliphatic hydroxyl groups excluding tert-OH is 1. The van der Waals surface area contributed by atoms with E-state index < -0.39 is 15.4 Å². The van der Waals surface area contributed by atoms with Crippen LogP contribution in [0.5, 0.6) is 0 Å². The van der Waals surface area contributed by atoms with Crippen LogP contribution in [0.4, 0.5) is 0 Å². The van der Waals surface area contributed by atoms with Crippen LogP contribution in [0, 0.1) is 0 Å². The van der Waals surface area contributed by atoms with Gasteiger partial charge in [-0.3, -0.25) is 4.55 Å². The second-order valence-electron chi connectivity index (χ2n) is 5.97. The highest BCUT2D eigenvalue weighted by molar-refractivity contribution is 7.86. The van der Waals surface area contributed by atoms with Crippen LogP contribution < -0.4 is 0 Å². The molecule has 0 aromatic heterocycles. The summed E-state index contributed by atoms with van der Waals surface area (Å²) in [5.74, 6) is 0. The minimum absolute atomic E-state index is 0.136. The molecule has 0 saturated carbocycles. The fourth-order valence-electron chi connectivity index (χ4n) is 2.62. The number of rotatable bonds is 15. The molecule has 5 heteroatoms. The summed E-state index contributed by atoms with van der Waals surface area (Å²) in [5.41, 5.74) is 0. The third-order valence-electron chi connectivity index (χ3n) is 4.00. The van der Waals surface area contributed by atoms with Crippen LogP contribution in [-0.4, -0.2) is 29.9 Å². The number of aliphatic hydroxyl groups is 1. The Morgan fingerprint density at radius 2 is 1.19 bits per heavy atom. The Hall–Kier alpha value is -0.130. The maximum absolute atomic E-state index is 11.1. The van der Waals surface area contributed by atoms with Crippen LogP contribution in [0.15, 0.2) is 0 Å². The first-order chi connectivity index (χ1) is 10.0. The summed E-state index contributed by atoms with van der Waals surface area (Å²) in [4.78, 5) is 0. The highest BCUT2D eigenvalue weighted by atomic mass is 32.2. The quantitative estimate of drug-likeness (QED) is 0.348. The van der Waals surface area contributed by atoms with Crippen molar-refractivity contribution in [2.24, 2.45) is 0 Å². The molecule has 0 saturated heterocycles. The standard InChI is InChI=1S/C16H34O4S/c1-2-3-4-5-6-7-8-9-10-11-12-13-16(14-15-17)21(18,19)20/h16-17H,2-15H2,1H3,(H,18,19,20). The van der Waals surface area contributed by atoms with Crippen molar-refractivity contribution in [1.29, 1.82) is 0 Å². The summed E-state index contributed by atoms with van der Waals surface area (Å²) in [5, 5.41) is 8.01. The van der Waals surface area contributed by atoms with Gasteiger partial charge in [-0.2, -0.15) is 8.42 Å². The zero-order chi connectivity index (χ0) is 16.0. The van der Waals surface area contributed by atoms with Gasteiger partial charge in [-0.15, -0.1) is 0 Å². The van der Waals surface area contributed by atoms with Gasteiger partial charge in [-0.05, 0) is 12.8 Å². The average molecular weight is 323 g/mol. The van der Waals surface area contributed by atoms with Crippen LogP contribution >= 0.6 is 0 Å². The van der Waals surface area contributed by atoms with Crippen LogP contribution in [0.1, 0.15) is 90.4 Å². The lowest BCUT2D eigenvalue weighted by molar-refractivity contribution is 0.279. The lowest BCUT2D eigenvalue weighted by Gasteiger charge is -2.12. The Balaban J connectivity index is 3.42. The van der Waals surface area contributed by atoms with Gasteiger partial charge in [-0.1, -0.05) is 77.6 Å². The van der Waals surface area contributed by atoms with Gasteiger partial charge in [0.25, 0.3) is 10.1 Å². The number of hydrogen-bond donors (Lipinski definition) is 2. The molecule has 1 atom stereocenters. The van der Waals surface area contributed by atoms with E-state index in [4.69, 9.17) is 9.66 Å². The van der Waals surface area contributed by atoms with Gasteiger partial charge in [0.15, 0.2) is 0 Å². The number of unbranched alkanes of at least 4 members (excludes halogenated alkanes) is 10. The van der Waals surface area contributed by atoms with Crippen LogP contribution in [0.25, 0.3) is 0 Å². The first-order valence-electron chi connectivity index (χ1n) is 8.59. The van der Waals surface area contributed by atoms with Gasteiger partial charge in [-0.25, -0.2) is 0 Å². The molecule has 21 heavy (non-hydrogen) atoms. The molecular weight excluding hydrogens is 288 g/mol. The van der Waals surface area contributed by atoms with Crippen molar-refractivity contribution in [2.75, 3.05) is 6.61 Å². The van der Waals surface area contributed by atoms with Gasteiger partial charge in [0.1, 0.15) is 0 Å². The van der Waals surface area contributed by atoms with E-state index >= 15 is 0 Å². The highest BCUT2D eigenvalue weighted by Gasteiger charge is 2.21. The molecule has 4 nitrogen and oxygen atoms in total. The summed E-state index contributed by atoms with van der Waals surface area (Å²) in [6.45, 7) is 2.04. The Morgan fingerprint density at radius 1 is 0.762 bits per heavy atom. The summed E-state index contributed by atoms with van der Waals surface area (Å²) in [6, 6.07) is 0. The zero-order valence-electron chi connectivity index (χ0n) is 13.6. The first kappa shape index (κ1) is 20.9. The van der Waals surface area contributed by atoms with E-state index in [9.17, 15) is 8.42 Å². The summed E-state index contributed by atoms with van der Waals surface area (Å²) < 4.78 is 31.2. The average Bonchev–Trinajstić information content (AvgIpc) is 2.42. The molecule has 0 aliphatic carbocycles. The second kappa shape index (κ2) is 13.5. The largest absolute Gasteiger partial charge is 0.396 e. The topological polar surface area (TPSA) is 74.6 Å². The third kappa shape index (κ3) is 13.3. The molecule has 0 radical (unpaired) electrons. The van der Waals surface area contributed by atoms with Crippen molar-refractivity contribution in [1.82, 2.24) is 0 Å². The minimum Gasteiger partial charge on any atom is -0.396 e. The van der Waals surface area contributed by atoms with E-state index in [1.165, 1.54) is 51.4 Å². The van der Waals surface area contributed by atoms with Crippen molar-refractivity contribution in [3.8, 4) is 0 Å². The van der Waals surface area contributed by atoms with Gasteiger partial charge in [0, 0.05) is 6.61 Å². The molecule has 0 amide bonds. The van der Waals surface area contributed by atoms with E-state index in [1.54, 1.807) is 0 Å². The Morgan fingerprint density at radius 3 is 1.57 bits per heavy atom. The van der Waals surface area contributed by atoms with E-state index in [2.05, 4.69) is 6.92 Å². The minimum atomic E-state index is -4.00. The molecular formula is C16H34O4S. The Kier molecular flexibility index (Phi) is 13.4. The fourth-order valence-corrected chi connectivity index (χ4v) is 3.49. The summed E-state index contributed by atoms with van der Waals surface area (Å²) >= 11 is 0. The lowest BCUT2D eigenvalue weighted by atomic mass is 10.0. The van der Waals surface area contributed by atoms with Crippen molar-refractivity contribution >= 4 is 10.1 Å². The van der Waals surface area contributed by atoms with Crippen molar-refractivity contribution in [3.05, 3.63) is 0 Å². The molecule has 0 spiro atoms. The smallest absolute Gasteiger partial charge is 0.267 e. The summed E-state index contributed by atoms with van der Waals surface area (Å²) in [6.07, 6.45) is 14.0. The molecule has 0 rings (SSSR count). The molecule has 0 heterocycles. The molecule has 0 fully saturated rings. The molecule has 0 bridgehead atoms. The molecule has 0 aromatic carbocycles. The van der Waals surface area contributed by atoms with Crippen molar-refractivity contribution in [3.63, 3.8) is 0 Å². The fraction of sp³-hybridized carbons (Fsp3) is 1.00. The predicted octanol–water partition coefficient (Wildman–Crippen LogP) is 4.33. The second-order valence-corrected chi connectivity index (χ2v) is 7.67. The molecule has 0 aliphatic heterocycles. The normalized spacial score (nSPS) is 13.5. The van der Waals surface area contributed by atoms with Gasteiger partial charge in [0.05, 0.1) is 5.25 Å². The SMILES string of the molecule is CCCCCCCCCCCCCC(CCO)S(=O)(=O)O. The molecule has 0 aliphatic rings. The van der Waals surface area contributed by atoms with Crippen LogP contribution in [0.2, 0.25) is 0 Å². The zero-order valence-corrected chi connectivity index (χ0v) is 14.4. The van der Waals surface area contributed by atoms with Crippen LogP contribution in [-0.2, 0) is 10.1 Å². The molecule has 2 N–H and O–H groups in total. The molecule has 128 valence electrons. The van der Waals surface area contributed by atoms with Crippen LogP contribution in [0.3, 0.4) is 0 Å². The van der Waals surface area contributed by atoms with Gasteiger partial charge in [0.2, 0.25) is 0 Å². The Bertz CT molecular complexity index is 314. The highest BCUT2D eigenvalue weighted by Crippen LogP contribution is 2.16. The van der Waals surface area contributed by atoms with Crippen molar-refractivity contribution in [2.45, 2.75) is 95.6 Å². The van der Waals surface area contributed by atoms with E-state index in [1.807, 2.05) is 0 Å². The third-order valence-corrected chi connectivity index (χ3v) is 5.32. The first-order valence-corrected chi connectivity index (χ1v) is 10.1. The number of hydrogen-bond acceptors (Lipinski definition) is 3. The van der Waals surface area contributed by atoms with Crippen molar-refractivity contribution < 1.29 is 18.1 Å². The van der Waals surface area contributed by atoms with E-state index in [-0.39, 0.29) is 13.0 Å². The lowest BCUT2D eigenvalue weighted by Crippen LogP contribution is -2.21. The van der Waals surface area contributed by atoms with E-state index in [0.29, 0.717) is 6.42 Å². The summed E-state index contributed by atoms with van der Waals surface area (Å²) in [7, 11) is -4.00. The molecule has 0 aromatic rings. The van der Waals surface area contributed by atoms with Gasteiger partial charge < -0.3 is 5.11 Å². The maximum atomic E-state index is 11.1. The van der Waals surface area contributed by atoms with Gasteiger partial charge >= 0.3 is 0 Å². The van der Waals surface area contributed by atoms with E-state index in [0.717, 1.165) is 19.3 Å². The molecule has 1 unspecified atom stereocenters. The Labute approximate surface area is 131 Å². The maximum Gasteiger partial charge on any atom is 0.267 e.